The summed E-state index contributed by atoms with van der Waals surface area (Å²) in [5, 5.41) is 2.83. The Morgan fingerprint density at radius 1 is 1.10 bits per heavy atom. The lowest BCUT2D eigenvalue weighted by Crippen LogP contribution is -2.32. The Hall–Kier alpha value is -2.01. The second kappa shape index (κ2) is 8.32. The number of nitrogens with zero attached hydrogens (tertiary/aromatic N) is 1. The molecular formula is C16H18N2O2S. The smallest absolute Gasteiger partial charge is 0.250 e. The number of amides is 1. The van der Waals surface area contributed by atoms with E-state index in [4.69, 9.17) is 0 Å². The number of benzene rings is 1. The van der Waals surface area contributed by atoms with Crippen molar-refractivity contribution in [3.05, 3.63) is 70.6 Å². The summed E-state index contributed by atoms with van der Waals surface area (Å²) >= 11 is 1.77. The largest absolute Gasteiger partial charge is 0.354 e. The molecule has 1 aromatic carbocycles. The summed E-state index contributed by atoms with van der Waals surface area (Å²) in [5.41, 5.74) is 1.12. The third kappa shape index (κ3) is 5.47. The third-order valence-electron chi connectivity index (χ3n) is 2.89. The molecule has 0 aliphatic rings. The number of rotatable bonds is 7. The van der Waals surface area contributed by atoms with Gasteiger partial charge in [0.1, 0.15) is 6.54 Å². The van der Waals surface area contributed by atoms with E-state index in [1.165, 1.54) is 16.2 Å². The number of nitrogens with one attached hydrogen (secondary N) is 1. The Labute approximate surface area is 128 Å². The maximum atomic E-state index is 11.7. The molecule has 5 heteroatoms. The van der Waals surface area contributed by atoms with Crippen LogP contribution >= 0.6 is 11.8 Å². The van der Waals surface area contributed by atoms with Crippen LogP contribution in [0, 0.1) is 0 Å². The van der Waals surface area contributed by atoms with E-state index in [1.54, 1.807) is 30.1 Å². The molecule has 0 aliphatic carbocycles. The van der Waals surface area contributed by atoms with Gasteiger partial charge < -0.3 is 9.88 Å². The van der Waals surface area contributed by atoms with Crippen molar-refractivity contribution < 1.29 is 4.79 Å². The Balaban J connectivity index is 1.64. The molecule has 4 nitrogen and oxygen atoms in total. The summed E-state index contributed by atoms with van der Waals surface area (Å²) in [6, 6.07) is 15.1. The molecule has 110 valence electrons. The van der Waals surface area contributed by atoms with Crippen LogP contribution in [0.4, 0.5) is 0 Å². The van der Waals surface area contributed by atoms with Gasteiger partial charge in [-0.25, -0.2) is 0 Å². The predicted octanol–water partition coefficient (Wildman–Crippen LogP) is 1.90. The van der Waals surface area contributed by atoms with Crippen LogP contribution in [0.5, 0.6) is 0 Å². The number of pyridine rings is 1. The van der Waals surface area contributed by atoms with Gasteiger partial charge in [-0.05, 0) is 11.6 Å². The molecule has 2 aromatic rings. The van der Waals surface area contributed by atoms with Crippen molar-refractivity contribution in [3.8, 4) is 0 Å². The van der Waals surface area contributed by atoms with Crippen molar-refractivity contribution in [3.63, 3.8) is 0 Å². The molecule has 0 fully saturated rings. The third-order valence-corrected chi connectivity index (χ3v) is 3.92. The van der Waals surface area contributed by atoms with Gasteiger partial charge in [-0.3, -0.25) is 9.59 Å². The molecule has 2 rings (SSSR count). The van der Waals surface area contributed by atoms with Crippen molar-refractivity contribution in [2.45, 2.75) is 12.3 Å². The van der Waals surface area contributed by atoms with E-state index >= 15 is 0 Å². The number of aromatic nitrogens is 1. The molecule has 0 saturated carbocycles. The summed E-state index contributed by atoms with van der Waals surface area (Å²) in [7, 11) is 0. The molecule has 0 spiro atoms. The van der Waals surface area contributed by atoms with Gasteiger partial charge in [-0.15, -0.1) is 0 Å². The number of hydrogen-bond donors (Lipinski definition) is 1. The van der Waals surface area contributed by atoms with Gasteiger partial charge in [0, 0.05) is 30.3 Å². The number of hydrogen-bond acceptors (Lipinski definition) is 3. The summed E-state index contributed by atoms with van der Waals surface area (Å²) in [6.45, 7) is 0.681. The van der Waals surface area contributed by atoms with E-state index in [9.17, 15) is 9.59 Å². The lowest BCUT2D eigenvalue weighted by atomic mass is 10.2. The minimum absolute atomic E-state index is 0.0724. The molecule has 1 N–H and O–H groups in total. The molecule has 1 aromatic heterocycles. The summed E-state index contributed by atoms with van der Waals surface area (Å²) in [6.07, 6.45) is 1.62. The van der Waals surface area contributed by atoms with Crippen LogP contribution in [-0.4, -0.2) is 22.8 Å². The van der Waals surface area contributed by atoms with Crippen molar-refractivity contribution >= 4 is 17.7 Å². The van der Waals surface area contributed by atoms with Crippen LogP contribution in [0.1, 0.15) is 5.56 Å². The van der Waals surface area contributed by atoms with Gasteiger partial charge in [0.15, 0.2) is 0 Å². The van der Waals surface area contributed by atoms with Gasteiger partial charge in [0.25, 0.3) is 5.56 Å². The Kier molecular flexibility index (Phi) is 6.09. The number of carbonyl (C=O) groups is 1. The minimum atomic E-state index is -0.161. The molecule has 0 aliphatic heterocycles. The zero-order valence-electron chi connectivity index (χ0n) is 11.7. The Bertz CT molecular complexity index is 625. The van der Waals surface area contributed by atoms with Crippen LogP contribution in [-0.2, 0) is 17.1 Å². The van der Waals surface area contributed by atoms with E-state index < -0.39 is 0 Å². The first-order chi connectivity index (χ1) is 10.3. The van der Waals surface area contributed by atoms with Crippen LogP contribution in [0.2, 0.25) is 0 Å². The topological polar surface area (TPSA) is 51.1 Å². The molecular weight excluding hydrogens is 284 g/mol. The van der Waals surface area contributed by atoms with Crippen molar-refractivity contribution in [1.29, 1.82) is 0 Å². The molecule has 1 heterocycles. The molecule has 0 bridgehead atoms. The maximum Gasteiger partial charge on any atom is 0.250 e. The quantitative estimate of drug-likeness (QED) is 0.795. The first-order valence-corrected chi connectivity index (χ1v) is 7.95. The lowest BCUT2D eigenvalue weighted by Gasteiger charge is -2.07. The van der Waals surface area contributed by atoms with Gasteiger partial charge in [-0.1, -0.05) is 36.4 Å². The average molecular weight is 302 g/mol. The fourth-order valence-corrected chi connectivity index (χ4v) is 2.65. The van der Waals surface area contributed by atoms with E-state index in [-0.39, 0.29) is 18.0 Å². The van der Waals surface area contributed by atoms with Crippen molar-refractivity contribution in [1.82, 2.24) is 9.88 Å². The summed E-state index contributed by atoms with van der Waals surface area (Å²) in [5.74, 6) is 1.66. The fraction of sp³-hybridized carbons (Fsp3) is 0.250. The monoisotopic (exact) mass is 302 g/mol. The zero-order chi connectivity index (χ0) is 14.9. The predicted molar refractivity (Wildman–Crippen MR) is 86.3 cm³/mol. The highest BCUT2D eigenvalue weighted by molar-refractivity contribution is 7.98. The maximum absolute atomic E-state index is 11.7. The Morgan fingerprint density at radius 3 is 2.62 bits per heavy atom. The first-order valence-electron chi connectivity index (χ1n) is 6.79. The standard InChI is InChI=1S/C16H18N2O2S/c19-15(12-18-10-5-4-8-16(18)20)17-9-11-21-13-14-6-2-1-3-7-14/h1-8,10H,9,11-13H2,(H,17,19). The fourth-order valence-electron chi connectivity index (χ4n) is 1.83. The zero-order valence-corrected chi connectivity index (χ0v) is 12.5. The highest BCUT2D eigenvalue weighted by atomic mass is 32.2. The van der Waals surface area contributed by atoms with Gasteiger partial charge in [0.05, 0.1) is 0 Å². The SMILES string of the molecule is O=C(Cn1ccccc1=O)NCCSCc1ccccc1. The normalized spacial score (nSPS) is 10.3. The average Bonchev–Trinajstić information content (AvgIpc) is 2.50. The van der Waals surface area contributed by atoms with Crippen LogP contribution in [0.3, 0.4) is 0 Å². The van der Waals surface area contributed by atoms with Crippen molar-refractivity contribution in [2.24, 2.45) is 0 Å². The first kappa shape index (κ1) is 15.4. The Morgan fingerprint density at radius 2 is 1.86 bits per heavy atom. The van der Waals surface area contributed by atoms with Crippen molar-refractivity contribution in [2.75, 3.05) is 12.3 Å². The lowest BCUT2D eigenvalue weighted by molar-refractivity contribution is -0.121. The van der Waals surface area contributed by atoms with Crippen LogP contribution in [0.15, 0.2) is 59.5 Å². The molecule has 1 amide bonds. The van der Waals surface area contributed by atoms with E-state index in [1.807, 2.05) is 18.2 Å². The number of thioether (sulfide) groups is 1. The van der Waals surface area contributed by atoms with Crippen LogP contribution < -0.4 is 10.9 Å². The number of carbonyl (C=O) groups excluding carboxylic acids is 1. The second-order valence-electron chi connectivity index (χ2n) is 4.55. The molecule has 0 saturated heterocycles. The minimum Gasteiger partial charge on any atom is -0.354 e. The summed E-state index contributed by atoms with van der Waals surface area (Å²) < 4.78 is 1.40. The van der Waals surface area contributed by atoms with Gasteiger partial charge in [0.2, 0.25) is 5.91 Å². The molecule has 0 unspecified atom stereocenters. The second-order valence-corrected chi connectivity index (χ2v) is 5.66. The summed E-state index contributed by atoms with van der Waals surface area (Å²) in [4.78, 5) is 23.2. The molecule has 0 radical (unpaired) electrons. The van der Waals surface area contributed by atoms with Gasteiger partial charge in [-0.2, -0.15) is 11.8 Å². The highest BCUT2D eigenvalue weighted by Crippen LogP contribution is 2.10. The van der Waals surface area contributed by atoms with E-state index in [0.717, 1.165) is 11.5 Å². The highest BCUT2D eigenvalue weighted by Gasteiger charge is 2.02. The van der Waals surface area contributed by atoms with Gasteiger partial charge >= 0.3 is 0 Å². The van der Waals surface area contributed by atoms with E-state index in [0.29, 0.717) is 6.54 Å². The van der Waals surface area contributed by atoms with E-state index in [2.05, 4.69) is 17.4 Å². The molecule has 21 heavy (non-hydrogen) atoms. The van der Waals surface area contributed by atoms with Crippen LogP contribution in [0.25, 0.3) is 0 Å². The molecule has 0 atom stereocenters.